The average Bonchev–Trinajstić information content (AvgIpc) is 3.41. The van der Waals surface area contributed by atoms with Crippen molar-refractivity contribution in [2.45, 2.75) is 25.8 Å². The highest BCUT2D eigenvalue weighted by Crippen LogP contribution is 2.45. The molecule has 1 fully saturated rings. The Morgan fingerprint density at radius 3 is 2.33 bits per heavy atom. The molecule has 1 amide bonds. The Labute approximate surface area is 191 Å². The molecule has 3 aromatic rings. The molecule has 0 radical (unpaired) electrons. The number of nitrogens with zero attached hydrogens (tertiary/aromatic N) is 1. The van der Waals surface area contributed by atoms with Crippen LogP contribution in [-0.4, -0.2) is 23.6 Å². The minimum Gasteiger partial charge on any atom is -0.507 e. The smallest absolute Gasteiger partial charge is 0.300 e. The Balaban J connectivity index is 1.69. The van der Waals surface area contributed by atoms with Crippen molar-refractivity contribution in [3.05, 3.63) is 95.1 Å². The van der Waals surface area contributed by atoms with Crippen molar-refractivity contribution < 1.29 is 24.2 Å². The predicted octanol–water partition coefficient (Wildman–Crippen LogP) is 5.17. The van der Waals surface area contributed by atoms with Crippen LogP contribution in [0.2, 0.25) is 0 Å². The van der Waals surface area contributed by atoms with Crippen LogP contribution in [0, 0.1) is 0 Å². The topological polar surface area (TPSA) is 76.1 Å². The Kier molecular flexibility index (Phi) is 5.13. The van der Waals surface area contributed by atoms with Crippen molar-refractivity contribution in [1.29, 1.82) is 0 Å². The molecule has 3 aromatic carbocycles. The van der Waals surface area contributed by atoms with Crippen molar-refractivity contribution in [1.82, 2.24) is 0 Å². The fourth-order valence-corrected chi connectivity index (χ4v) is 4.26. The Hall–Kier alpha value is -4.06. The lowest BCUT2D eigenvalue weighted by Gasteiger charge is -2.26. The SMILES string of the molecule is CC(C)c1ccc(C2/C(=C(\O)c3ccccc3)C(=O)C(=O)N2c2ccc3c(c2)OCO3)cc1. The summed E-state index contributed by atoms with van der Waals surface area (Å²) in [6, 6.07) is 20.9. The number of hydrogen-bond acceptors (Lipinski definition) is 5. The molecular weight excluding hydrogens is 418 g/mol. The van der Waals surface area contributed by atoms with Crippen molar-refractivity contribution in [3.8, 4) is 11.5 Å². The van der Waals surface area contributed by atoms with Gasteiger partial charge in [0.15, 0.2) is 11.5 Å². The molecule has 0 saturated carbocycles. The molecule has 5 rings (SSSR count). The maximum Gasteiger partial charge on any atom is 0.300 e. The summed E-state index contributed by atoms with van der Waals surface area (Å²) in [4.78, 5) is 27.9. The van der Waals surface area contributed by atoms with E-state index in [9.17, 15) is 14.7 Å². The van der Waals surface area contributed by atoms with Crippen LogP contribution in [0.3, 0.4) is 0 Å². The predicted molar refractivity (Wildman–Crippen MR) is 124 cm³/mol. The maximum absolute atomic E-state index is 13.3. The zero-order valence-electron chi connectivity index (χ0n) is 18.3. The number of benzene rings is 3. The monoisotopic (exact) mass is 441 g/mol. The van der Waals surface area contributed by atoms with E-state index >= 15 is 0 Å². The van der Waals surface area contributed by atoms with Crippen molar-refractivity contribution in [2.24, 2.45) is 0 Å². The first-order chi connectivity index (χ1) is 16.0. The van der Waals surface area contributed by atoms with E-state index in [4.69, 9.17) is 9.47 Å². The van der Waals surface area contributed by atoms with Crippen LogP contribution in [-0.2, 0) is 9.59 Å². The van der Waals surface area contributed by atoms with Gasteiger partial charge in [0, 0.05) is 17.3 Å². The van der Waals surface area contributed by atoms with E-state index in [1.807, 2.05) is 30.3 Å². The molecule has 0 spiro atoms. The Bertz CT molecular complexity index is 1260. The van der Waals surface area contributed by atoms with E-state index in [-0.39, 0.29) is 18.1 Å². The Morgan fingerprint density at radius 1 is 0.939 bits per heavy atom. The normalized spacial score (nSPS) is 18.9. The lowest BCUT2D eigenvalue weighted by Crippen LogP contribution is -2.29. The molecule has 6 heteroatoms. The molecule has 0 bridgehead atoms. The number of aliphatic hydroxyl groups excluding tert-OH is 1. The molecule has 2 heterocycles. The third kappa shape index (κ3) is 3.53. The van der Waals surface area contributed by atoms with E-state index in [2.05, 4.69) is 13.8 Å². The summed E-state index contributed by atoms with van der Waals surface area (Å²) >= 11 is 0. The average molecular weight is 441 g/mol. The number of ether oxygens (including phenoxy) is 2. The van der Waals surface area contributed by atoms with Crippen LogP contribution in [0.5, 0.6) is 11.5 Å². The first-order valence-corrected chi connectivity index (χ1v) is 10.8. The van der Waals surface area contributed by atoms with Gasteiger partial charge in [0.05, 0.1) is 11.6 Å². The van der Waals surface area contributed by atoms with Gasteiger partial charge in [-0.05, 0) is 29.2 Å². The number of anilines is 1. The zero-order valence-corrected chi connectivity index (χ0v) is 18.3. The van der Waals surface area contributed by atoms with Gasteiger partial charge in [0.1, 0.15) is 5.76 Å². The fraction of sp³-hybridized carbons (Fsp3) is 0.185. The highest BCUT2D eigenvalue weighted by Gasteiger charge is 2.47. The molecule has 2 aliphatic rings. The quantitative estimate of drug-likeness (QED) is 0.344. The van der Waals surface area contributed by atoms with E-state index in [0.717, 1.165) is 11.1 Å². The van der Waals surface area contributed by atoms with E-state index in [1.165, 1.54) is 4.90 Å². The third-order valence-corrected chi connectivity index (χ3v) is 6.04. The third-order valence-electron chi connectivity index (χ3n) is 6.04. The first-order valence-electron chi connectivity index (χ1n) is 10.8. The first kappa shape index (κ1) is 20.8. The van der Waals surface area contributed by atoms with Crippen LogP contribution >= 0.6 is 0 Å². The zero-order chi connectivity index (χ0) is 23.1. The summed E-state index contributed by atoms with van der Waals surface area (Å²) in [6.07, 6.45) is 0. The summed E-state index contributed by atoms with van der Waals surface area (Å²) in [5, 5.41) is 11.1. The van der Waals surface area contributed by atoms with Crippen LogP contribution in [0.4, 0.5) is 5.69 Å². The van der Waals surface area contributed by atoms with Crippen molar-refractivity contribution in [3.63, 3.8) is 0 Å². The molecule has 0 aromatic heterocycles. The van der Waals surface area contributed by atoms with Crippen LogP contribution < -0.4 is 14.4 Å². The van der Waals surface area contributed by atoms with E-state index < -0.39 is 17.7 Å². The largest absolute Gasteiger partial charge is 0.507 e. The Morgan fingerprint density at radius 2 is 1.64 bits per heavy atom. The van der Waals surface area contributed by atoms with Gasteiger partial charge in [-0.3, -0.25) is 14.5 Å². The van der Waals surface area contributed by atoms with E-state index in [0.29, 0.717) is 28.7 Å². The number of carbonyl (C=O) groups excluding carboxylic acids is 2. The number of ketones is 1. The van der Waals surface area contributed by atoms with Gasteiger partial charge in [-0.1, -0.05) is 68.4 Å². The van der Waals surface area contributed by atoms with Crippen LogP contribution in [0.1, 0.15) is 42.5 Å². The van der Waals surface area contributed by atoms with Crippen LogP contribution in [0.25, 0.3) is 5.76 Å². The van der Waals surface area contributed by atoms with Gasteiger partial charge in [0.2, 0.25) is 6.79 Å². The molecule has 33 heavy (non-hydrogen) atoms. The summed E-state index contributed by atoms with van der Waals surface area (Å²) in [5.74, 6) is -0.209. The van der Waals surface area contributed by atoms with Gasteiger partial charge in [-0.15, -0.1) is 0 Å². The molecule has 2 aliphatic heterocycles. The number of hydrogen-bond donors (Lipinski definition) is 1. The number of fused-ring (bicyclic) bond motifs is 1. The molecule has 6 nitrogen and oxygen atoms in total. The van der Waals surface area contributed by atoms with Gasteiger partial charge in [-0.2, -0.15) is 0 Å². The summed E-state index contributed by atoms with van der Waals surface area (Å²) in [6.45, 7) is 4.30. The fourth-order valence-electron chi connectivity index (χ4n) is 4.26. The molecule has 1 atom stereocenters. The molecular formula is C27H23NO5. The lowest BCUT2D eigenvalue weighted by atomic mass is 9.93. The second-order valence-electron chi connectivity index (χ2n) is 8.39. The second-order valence-corrected chi connectivity index (χ2v) is 8.39. The van der Waals surface area contributed by atoms with E-state index in [1.54, 1.807) is 42.5 Å². The molecule has 0 aliphatic carbocycles. The second kappa shape index (κ2) is 8.13. The molecule has 1 N–H and O–H groups in total. The van der Waals surface area contributed by atoms with Gasteiger partial charge >= 0.3 is 0 Å². The summed E-state index contributed by atoms with van der Waals surface area (Å²) < 4.78 is 10.9. The summed E-state index contributed by atoms with van der Waals surface area (Å²) in [5.41, 5.74) is 2.90. The molecule has 1 unspecified atom stereocenters. The number of Topliss-reactive ketones (excluding diaryl/α,β-unsaturated/α-hetero) is 1. The number of amides is 1. The van der Waals surface area contributed by atoms with Gasteiger partial charge in [-0.25, -0.2) is 0 Å². The summed E-state index contributed by atoms with van der Waals surface area (Å²) in [7, 11) is 0. The molecule has 166 valence electrons. The van der Waals surface area contributed by atoms with Crippen LogP contribution in [0.15, 0.2) is 78.4 Å². The standard InChI is InChI=1S/C27H23NO5/c1-16(2)17-8-10-18(11-9-17)24-23(25(29)19-6-4-3-5-7-19)26(30)27(31)28(24)20-12-13-21-22(14-20)33-15-32-21/h3-14,16,24,29H,15H2,1-2H3/b25-23+. The number of rotatable bonds is 4. The maximum atomic E-state index is 13.3. The highest BCUT2D eigenvalue weighted by molar-refractivity contribution is 6.51. The van der Waals surface area contributed by atoms with Crippen molar-refractivity contribution >= 4 is 23.1 Å². The van der Waals surface area contributed by atoms with Gasteiger partial charge < -0.3 is 14.6 Å². The minimum absolute atomic E-state index is 0.0566. The van der Waals surface area contributed by atoms with Crippen molar-refractivity contribution in [2.75, 3.05) is 11.7 Å². The van der Waals surface area contributed by atoms with Gasteiger partial charge in [0.25, 0.3) is 11.7 Å². The lowest BCUT2D eigenvalue weighted by molar-refractivity contribution is -0.132. The number of carbonyl (C=O) groups is 2. The number of aliphatic hydroxyl groups is 1. The molecule has 1 saturated heterocycles. The highest BCUT2D eigenvalue weighted by atomic mass is 16.7. The minimum atomic E-state index is -0.785.